The summed E-state index contributed by atoms with van der Waals surface area (Å²) in [5.41, 5.74) is 3.22. The van der Waals surface area contributed by atoms with Gasteiger partial charge in [-0.2, -0.15) is 4.31 Å². The summed E-state index contributed by atoms with van der Waals surface area (Å²) in [6, 6.07) is 33.2. The van der Waals surface area contributed by atoms with Crippen molar-refractivity contribution in [2.75, 3.05) is 11.9 Å². The first-order valence-corrected chi connectivity index (χ1v) is 13.8. The zero-order valence-electron chi connectivity index (χ0n) is 20.9. The summed E-state index contributed by atoms with van der Waals surface area (Å²) in [6.45, 7) is 2.01. The summed E-state index contributed by atoms with van der Waals surface area (Å²) in [6.07, 6.45) is -0.612. The van der Waals surface area contributed by atoms with Gasteiger partial charge in [-0.25, -0.2) is 8.42 Å². The SMILES string of the molecule is C[C@@H](NC(=O)COc1ccc([C@H]2Nc3ccccc3S(=O)(=O)N2Cc2ccccc2)cc1)c1ccccc1. The maximum absolute atomic E-state index is 13.6. The normalized spacial score (nSPS) is 17.0. The first-order chi connectivity index (χ1) is 18.4. The van der Waals surface area contributed by atoms with Crippen molar-refractivity contribution in [2.45, 2.75) is 30.6 Å². The standard InChI is InChI=1S/C30H29N3O4S/c1-22(24-12-6-3-7-13-24)31-29(34)21-37-26-18-16-25(17-19-26)30-32-27-14-8-9-15-28(27)38(35,36)33(30)20-23-10-4-2-5-11-23/h2-19,22,30,32H,20-21H2,1H3,(H,31,34)/t22-,30+/m1/s1. The van der Waals surface area contributed by atoms with Crippen LogP contribution in [0.1, 0.15) is 35.8 Å². The van der Waals surface area contributed by atoms with Crippen molar-refractivity contribution in [2.24, 2.45) is 0 Å². The highest BCUT2D eigenvalue weighted by atomic mass is 32.2. The number of nitrogens with one attached hydrogen (secondary N) is 2. The van der Waals surface area contributed by atoms with Gasteiger partial charge in [-0.1, -0.05) is 84.9 Å². The number of anilines is 1. The van der Waals surface area contributed by atoms with E-state index in [0.29, 0.717) is 11.4 Å². The molecule has 194 valence electrons. The third kappa shape index (κ3) is 5.56. The third-order valence-corrected chi connectivity index (χ3v) is 8.35. The Balaban J connectivity index is 1.31. The molecule has 1 aliphatic rings. The minimum Gasteiger partial charge on any atom is -0.484 e. The summed E-state index contributed by atoms with van der Waals surface area (Å²) in [5, 5.41) is 6.32. The van der Waals surface area contributed by atoms with Gasteiger partial charge in [0.05, 0.1) is 11.7 Å². The monoisotopic (exact) mass is 527 g/mol. The van der Waals surface area contributed by atoms with E-state index >= 15 is 0 Å². The largest absolute Gasteiger partial charge is 0.484 e. The zero-order chi connectivity index (χ0) is 26.5. The number of fused-ring (bicyclic) bond motifs is 1. The molecule has 1 aliphatic heterocycles. The Morgan fingerprint density at radius 2 is 1.53 bits per heavy atom. The van der Waals surface area contributed by atoms with Crippen LogP contribution in [-0.2, 0) is 21.4 Å². The first kappa shape index (κ1) is 25.5. The van der Waals surface area contributed by atoms with E-state index in [1.165, 1.54) is 4.31 Å². The molecule has 0 saturated heterocycles. The maximum atomic E-state index is 13.6. The molecule has 0 unspecified atom stereocenters. The lowest BCUT2D eigenvalue weighted by atomic mass is 10.1. The molecule has 4 aromatic rings. The van der Waals surface area contributed by atoms with E-state index in [1.54, 1.807) is 30.3 Å². The van der Waals surface area contributed by atoms with Gasteiger partial charge in [-0.15, -0.1) is 0 Å². The Morgan fingerprint density at radius 1 is 0.895 bits per heavy atom. The smallest absolute Gasteiger partial charge is 0.258 e. The van der Waals surface area contributed by atoms with Gasteiger partial charge in [0.1, 0.15) is 16.8 Å². The van der Waals surface area contributed by atoms with Crippen LogP contribution in [-0.4, -0.2) is 25.2 Å². The van der Waals surface area contributed by atoms with Gasteiger partial charge < -0.3 is 15.4 Å². The zero-order valence-corrected chi connectivity index (χ0v) is 21.8. The van der Waals surface area contributed by atoms with Gasteiger partial charge >= 0.3 is 0 Å². The van der Waals surface area contributed by atoms with Crippen LogP contribution in [0.2, 0.25) is 0 Å². The highest BCUT2D eigenvalue weighted by molar-refractivity contribution is 7.89. The van der Waals surface area contributed by atoms with Crippen LogP contribution in [0.15, 0.2) is 114 Å². The third-order valence-electron chi connectivity index (χ3n) is 6.48. The molecule has 0 aromatic heterocycles. The fraction of sp³-hybridized carbons (Fsp3) is 0.167. The molecule has 7 nitrogen and oxygen atoms in total. The molecular weight excluding hydrogens is 498 g/mol. The van der Waals surface area contributed by atoms with Crippen LogP contribution in [0.4, 0.5) is 5.69 Å². The fourth-order valence-electron chi connectivity index (χ4n) is 4.49. The molecule has 4 aromatic carbocycles. The number of ether oxygens (including phenoxy) is 1. The average Bonchev–Trinajstić information content (AvgIpc) is 2.95. The number of amides is 1. The molecular formula is C30H29N3O4S. The van der Waals surface area contributed by atoms with E-state index in [-0.39, 0.29) is 30.0 Å². The lowest BCUT2D eigenvalue weighted by molar-refractivity contribution is -0.123. The number of nitrogens with zero attached hydrogens (tertiary/aromatic N) is 1. The van der Waals surface area contributed by atoms with E-state index < -0.39 is 16.2 Å². The molecule has 38 heavy (non-hydrogen) atoms. The van der Waals surface area contributed by atoms with Crippen LogP contribution in [0, 0.1) is 0 Å². The van der Waals surface area contributed by atoms with Crippen molar-refractivity contribution in [3.63, 3.8) is 0 Å². The van der Waals surface area contributed by atoms with Gasteiger partial charge in [0, 0.05) is 6.54 Å². The van der Waals surface area contributed by atoms with Gasteiger partial charge in [0.2, 0.25) is 10.0 Å². The van der Waals surface area contributed by atoms with Gasteiger partial charge in [0.15, 0.2) is 6.61 Å². The van der Waals surface area contributed by atoms with Gasteiger partial charge in [0.25, 0.3) is 5.91 Å². The second kappa shape index (κ2) is 11.1. The number of carbonyl (C=O) groups excluding carboxylic acids is 1. The van der Waals surface area contributed by atoms with Crippen LogP contribution < -0.4 is 15.4 Å². The summed E-state index contributed by atoms with van der Waals surface area (Å²) in [7, 11) is -3.76. The van der Waals surface area contributed by atoms with E-state index in [4.69, 9.17) is 4.74 Å². The van der Waals surface area contributed by atoms with Crippen LogP contribution in [0.5, 0.6) is 5.75 Å². The number of sulfonamides is 1. The summed E-state index contributed by atoms with van der Waals surface area (Å²) < 4.78 is 34.5. The average molecular weight is 528 g/mol. The Labute approximate surface area is 223 Å². The second-order valence-electron chi connectivity index (χ2n) is 9.14. The lowest BCUT2D eigenvalue weighted by Crippen LogP contribution is -2.42. The molecule has 1 heterocycles. The van der Waals surface area contributed by atoms with Crippen molar-refractivity contribution in [3.8, 4) is 5.75 Å². The lowest BCUT2D eigenvalue weighted by Gasteiger charge is -2.37. The molecule has 8 heteroatoms. The van der Waals surface area contributed by atoms with E-state index in [1.807, 2.05) is 85.8 Å². The molecule has 0 radical (unpaired) electrons. The number of carbonyl (C=O) groups is 1. The predicted molar refractivity (Wildman–Crippen MR) is 147 cm³/mol. The van der Waals surface area contributed by atoms with Crippen LogP contribution in [0.25, 0.3) is 0 Å². The molecule has 0 bridgehead atoms. The maximum Gasteiger partial charge on any atom is 0.258 e. The number of benzene rings is 4. The number of rotatable bonds is 8. The highest BCUT2D eigenvalue weighted by Crippen LogP contribution is 2.39. The Bertz CT molecular complexity index is 1490. The molecule has 5 rings (SSSR count). The van der Waals surface area contributed by atoms with E-state index in [0.717, 1.165) is 16.7 Å². The van der Waals surface area contributed by atoms with Crippen LogP contribution >= 0.6 is 0 Å². The fourth-order valence-corrected chi connectivity index (χ4v) is 6.17. The minimum atomic E-state index is -3.76. The highest BCUT2D eigenvalue weighted by Gasteiger charge is 2.38. The molecule has 0 saturated carbocycles. The summed E-state index contributed by atoms with van der Waals surface area (Å²) in [5.74, 6) is 0.293. The summed E-state index contributed by atoms with van der Waals surface area (Å²) >= 11 is 0. The predicted octanol–water partition coefficient (Wildman–Crippen LogP) is 5.26. The quantitative estimate of drug-likeness (QED) is 0.327. The van der Waals surface area contributed by atoms with Crippen molar-refractivity contribution in [1.82, 2.24) is 9.62 Å². The molecule has 0 aliphatic carbocycles. The molecule has 0 spiro atoms. The van der Waals surface area contributed by atoms with Gasteiger partial charge in [-0.05, 0) is 47.9 Å². The van der Waals surface area contributed by atoms with E-state index in [9.17, 15) is 13.2 Å². The molecule has 2 atom stereocenters. The molecule has 1 amide bonds. The van der Waals surface area contributed by atoms with E-state index in [2.05, 4.69) is 10.6 Å². The number of hydrogen-bond acceptors (Lipinski definition) is 5. The second-order valence-corrected chi connectivity index (χ2v) is 11.0. The first-order valence-electron chi connectivity index (χ1n) is 12.4. The van der Waals surface area contributed by atoms with Crippen molar-refractivity contribution < 1.29 is 17.9 Å². The minimum absolute atomic E-state index is 0.125. The number of para-hydroxylation sites is 1. The van der Waals surface area contributed by atoms with Crippen molar-refractivity contribution >= 4 is 21.6 Å². The topological polar surface area (TPSA) is 87.7 Å². The van der Waals surface area contributed by atoms with Crippen LogP contribution in [0.3, 0.4) is 0 Å². The Morgan fingerprint density at radius 3 is 2.24 bits per heavy atom. The number of hydrogen-bond donors (Lipinski definition) is 2. The van der Waals surface area contributed by atoms with Gasteiger partial charge in [-0.3, -0.25) is 4.79 Å². The Kier molecular flexibility index (Phi) is 7.44. The molecule has 2 N–H and O–H groups in total. The van der Waals surface area contributed by atoms with Crippen molar-refractivity contribution in [3.05, 3.63) is 126 Å². The molecule has 0 fully saturated rings. The summed E-state index contributed by atoms with van der Waals surface area (Å²) in [4.78, 5) is 12.7. The Hall–Kier alpha value is -4.14. The van der Waals surface area contributed by atoms with Crippen molar-refractivity contribution in [1.29, 1.82) is 0 Å².